The van der Waals surface area contributed by atoms with E-state index >= 15 is 0 Å². The van der Waals surface area contributed by atoms with Crippen molar-refractivity contribution in [2.24, 2.45) is 5.41 Å². The molecule has 1 nitrogen and oxygen atoms in total. The minimum absolute atomic E-state index is 0.234. The van der Waals surface area contributed by atoms with E-state index in [1.165, 1.54) is 11.1 Å². The number of fused-ring (bicyclic) bond motifs is 1. The largest absolute Gasteiger partial charge is 0.457 e. The van der Waals surface area contributed by atoms with Crippen molar-refractivity contribution in [3.63, 3.8) is 0 Å². The molecule has 1 aromatic carbocycles. The van der Waals surface area contributed by atoms with Gasteiger partial charge in [0.15, 0.2) is 0 Å². The molecular formula is C15H16O. The maximum atomic E-state index is 5.96. The van der Waals surface area contributed by atoms with E-state index in [1.807, 2.05) is 6.07 Å². The van der Waals surface area contributed by atoms with Gasteiger partial charge in [0, 0.05) is 6.42 Å². The molecule has 0 spiro atoms. The zero-order chi connectivity index (χ0) is 11.2. The third kappa shape index (κ3) is 1.39. The van der Waals surface area contributed by atoms with Gasteiger partial charge in [0.2, 0.25) is 0 Å². The monoisotopic (exact) mass is 212 g/mol. The number of rotatable bonds is 0. The second kappa shape index (κ2) is 3.24. The Bertz CT molecular complexity index is 492. The van der Waals surface area contributed by atoms with Crippen LogP contribution < -0.4 is 4.74 Å². The van der Waals surface area contributed by atoms with Crippen molar-refractivity contribution in [1.29, 1.82) is 0 Å². The molecule has 3 rings (SSSR count). The van der Waals surface area contributed by atoms with Gasteiger partial charge in [-0.15, -0.1) is 0 Å². The lowest BCUT2D eigenvalue weighted by atomic mass is 9.74. The molecule has 0 bridgehead atoms. The average molecular weight is 212 g/mol. The maximum absolute atomic E-state index is 5.96. The number of allylic oxidation sites excluding steroid dienone is 3. The van der Waals surface area contributed by atoms with Crippen LogP contribution in [0.2, 0.25) is 0 Å². The highest BCUT2D eigenvalue weighted by Gasteiger charge is 2.31. The Balaban J connectivity index is 2.08. The molecule has 0 atom stereocenters. The fourth-order valence-electron chi connectivity index (χ4n) is 2.50. The Morgan fingerprint density at radius 1 is 1.19 bits per heavy atom. The SMILES string of the molecule is CC1(C)CC=CC2=C1Cc1ccccc1O2. The number of ether oxygens (including phenoxy) is 1. The van der Waals surface area contributed by atoms with Crippen LogP contribution in [0.3, 0.4) is 0 Å². The van der Waals surface area contributed by atoms with Gasteiger partial charge in [-0.05, 0) is 35.1 Å². The average Bonchev–Trinajstić information content (AvgIpc) is 2.27. The summed E-state index contributed by atoms with van der Waals surface area (Å²) in [5, 5.41) is 0. The van der Waals surface area contributed by atoms with Crippen LogP contribution in [0.25, 0.3) is 0 Å². The smallest absolute Gasteiger partial charge is 0.130 e. The second-order valence-corrected chi connectivity index (χ2v) is 5.22. The first-order chi connectivity index (χ1) is 7.67. The lowest BCUT2D eigenvalue weighted by Crippen LogP contribution is -2.24. The van der Waals surface area contributed by atoms with Crippen LogP contribution in [-0.4, -0.2) is 0 Å². The third-order valence-electron chi connectivity index (χ3n) is 3.57. The molecule has 0 radical (unpaired) electrons. The molecule has 0 N–H and O–H groups in total. The summed E-state index contributed by atoms with van der Waals surface area (Å²) < 4.78 is 5.96. The van der Waals surface area contributed by atoms with Crippen molar-refractivity contribution in [1.82, 2.24) is 0 Å². The zero-order valence-corrected chi connectivity index (χ0v) is 9.79. The van der Waals surface area contributed by atoms with E-state index in [1.54, 1.807) is 0 Å². The Morgan fingerprint density at radius 3 is 2.88 bits per heavy atom. The van der Waals surface area contributed by atoms with Gasteiger partial charge in [0.1, 0.15) is 11.5 Å². The molecule has 0 amide bonds. The molecule has 16 heavy (non-hydrogen) atoms. The van der Waals surface area contributed by atoms with Crippen molar-refractivity contribution in [2.45, 2.75) is 26.7 Å². The zero-order valence-electron chi connectivity index (χ0n) is 9.79. The number of hydrogen-bond acceptors (Lipinski definition) is 1. The van der Waals surface area contributed by atoms with Gasteiger partial charge in [-0.1, -0.05) is 38.1 Å². The van der Waals surface area contributed by atoms with Gasteiger partial charge in [-0.2, -0.15) is 0 Å². The van der Waals surface area contributed by atoms with Crippen LogP contribution in [0.1, 0.15) is 25.8 Å². The Kier molecular flexibility index (Phi) is 1.97. The Morgan fingerprint density at radius 2 is 2.00 bits per heavy atom. The summed E-state index contributed by atoms with van der Waals surface area (Å²) in [6.07, 6.45) is 6.48. The van der Waals surface area contributed by atoms with Crippen LogP contribution in [0.4, 0.5) is 0 Å². The number of hydrogen-bond donors (Lipinski definition) is 0. The van der Waals surface area contributed by atoms with Gasteiger partial charge in [0.25, 0.3) is 0 Å². The van der Waals surface area contributed by atoms with Crippen molar-refractivity contribution in [3.05, 3.63) is 53.3 Å². The molecule has 1 heterocycles. The van der Waals surface area contributed by atoms with Crippen molar-refractivity contribution >= 4 is 0 Å². The molecule has 1 aliphatic carbocycles. The van der Waals surface area contributed by atoms with E-state index in [-0.39, 0.29) is 5.41 Å². The summed E-state index contributed by atoms with van der Waals surface area (Å²) in [5.74, 6) is 2.08. The topological polar surface area (TPSA) is 9.23 Å². The van der Waals surface area contributed by atoms with Crippen LogP contribution in [-0.2, 0) is 6.42 Å². The van der Waals surface area contributed by atoms with Gasteiger partial charge >= 0.3 is 0 Å². The molecule has 2 aliphatic rings. The highest BCUT2D eigenvalue weighted by atomic mass is 16.5. The van der Waals surface area contributed by atoms with Gasteiger partial charge in [-0.3, -0.25) is 0 Å². The molecule has 1 aliphatic heterocycles. The first-order valence-electron chi connectivity index (χ1n) is 5.83. The van der Waals surface area contributed by atoms with Crippen LogP contribution >= 0.6 is 0 Å². The number of para-hydroxylation sites is 1. The molecule has 0 fully saturated rings. The maximum Gasteiger partial charge on any atom is 0.130 e. The summed E-state index contributed by atoms with van der Waals surface area (Å²) in [6, 6.07) is 8.32. The van der Waals surface area contributed by atoms with E-state index in [2.05, 4.69) is 44.2 Å². The van der Waals surface area contributed by atoms with Crippen molar-refractivity contribution in [2.75, 3.05) is 0 Å². The van der Waals surface area contributed by atoms with E-state index < -0.39 is 0 Å². The van der Waals surface area contributed by atoms with Crippen LogP contribution in [0, 0.1) is 5.41 Å². The highest BCUT2D eigenvalue weighted by molar-refractivity contribution is 5.46. The minimum Gasteiger partial charge on any atom is -0.457 e. The van der Waals surface area contributed by atoms with Gasteiger partial charge in [-0.25, -0.2) is 0 Å². The molecule has 0 saturated heterocycles. The molecule has 82 valence electrons. The summed E-state index contributed by atoms with van der Waals surface area (Å²) in [5.41, 5.74) is 2.98. The standard InChI is InChI=1S/C15H16O/c1-15(2)9-5-8-14-12(15)10-11-6-3-4-7-13(11)16-14/h3-8H,9-10H2,1-2H3. The van der Waals surface area contributed by atoms with E-state index in [9.17, 15) is 0 Å². The lowest BCUT2D eigenvalue weighted by molar-refractivity contribution is 0.350. The molecule has 0 saturated carbocycles. The number of benzene rings is 1. The van der Waals surface area contributed by atoms with E-state index in [4.69, 9.17) is 4.74 Å². The molecule has 0 unspecified atom stereocenters. The van der Waals surface area contributed by atoms with E-state index in [0.29, 0.717) is 0 Å². The second-order valence-electron chi connectivity index (χ2n) is 5.22. The summed E-state index contributed by atoms with van der Waals surface area (Å²) in [7, 11) is 0. The summed E-state index contributed by atoms with van der Waals surface area (Å²) in [4.78, 5) is 0. The Labute approximate surface area is 96.4 Å². The fraction of sp³-hybridized carbons (Fsp3) is 0.333. The fourth-order valence-corrected chi connectivity index (χ4v) is 2.50. The molecule has 1 heteroatoms. The predicted octanol–water partition coefficient (Wildman–Crippen LogP) is 3.86. The lowest BCUT2D eigenvalue weighted by Gasteiger charge is -2.35. The third-order valence-corrected chi connectivity index (χ3v) is 3.57. The van der Waals surface area contributed by atoms with Gasteiger partial charge in [0.05, 0.1) is 0 Å². The summed E-state index contributed by atoms with van der Waals surface area (Å²) >= 11 is 0. The quantitative estimate of drug-likeness (QED) is 0.634. The van der Waals surface area contributed by atoms with Crippen LogP contribution in [0.5, 0.6) is 5.75 Å². The van der Waals surface area contributed by atoms with Crippen molar-refractivity contribution in [3.8, 4) is 5.75 Å². The molecular weight excluding hydrogens is 196 g/mol. The molecule has 1 aromatic rings. The summed E-state index contributed by atoms with van der Waals surface area (Å²) in [6.45, 7) is 4.59. The van der Waals surface area contributed by atoms with Crippen molar-refractivity contribution < 1.29 is 4.74 Å². The van der Waals surface area contributed by atoms with Crippen LogP contribution in [0.15, 0.2) is 47.7 Å². The normalized spacial score (nSPS) is 21.1. The first-order valence-corrected chi connectivity index (χ1v) is 5.83. The first kappa shape index (κ1) is 9.71. The highest BCUT2D eigenvalue weighted by Crippen LogP contribution is 2.43. The molecule has 0 aromatic heterocycles. The van der Waals surface area contributed by atoms with Gasteiger partial charge < -0.3 is 4.74 Å². The minimum atomic E-state index is 0.234. The van der Waals surface area contributed by atoms with E-state index in [0.717, 1.165) is 24.4 Å². The Hall–Kier alpha value is -1.50. The predicted molar refractivity (Wildman–Crippen MR) is 65.3 cm³/mol.